The summed E-state index contributed by atoms with van der Waals surface area (Å²) in [7, 11) is 3.09. The van der Waals surface area contributed by atoms with Crippen LogP contribution in [0.3, 0.4) is 0 Å². The van der Waals surface area contributed by atoms with E-state index < -0.39 is 11.7 Å². The van der Waals surface area contributed by atoms with Crippen LogP contribution in [0.4, 0.5) is 24.7 Å². The van der Waals surface area contributed by atoms with Gasteiger partial charge in [-0.05, 0) is 42.5 Å². The molecule has 1 heterocycles. The highest BCUT2D eigenvalue weighted by molar-refractivity contribution is 5.68. The number of ether oxygens (including phenoxy) is 2. The molecule has 3 rings (SSSR count). The van der Waals surface area contributed by atoms with Crippen LogP contribution in [0, 0.1) is 0 Å². The van der Waals surface area contributed by atoms with Crippen molar-refractivity contribution in [3.8, 4) is 22.8 Å². The van der Waals surface area contributed by atoms with Crippen molar-refractivity contribution in [2.24, 2.45) is 0 Å². The van der Waals surface area contributed by atoms with Crippen molar-refractivity contribution in [3.63, 3.8) is 0 Å². The summed E-state index contributed by atoms with van der Waals surface area (Å²) in [6, 6.07) is 11.8. The van der Waals surface area contributed by atoms with Gasteiger partial charge in [0, 0.05) is 17.3 Å². The van der Waals surface area contributed by atoms with Crippen molar-refractivity contribution in [1.82, 2.24) is 9.97 Å². The van der Waals surface area contributed by atoms with E-state index in [0.29, 0.717) is 28.7 Å². The summed E-state index contributed by atoms with van der Waals surface area (Å²) in [6.45, 7) is 0. The number of aromatic nitrogens is 2. The zero-order valence-corrected chi connectivity index (χ0v) is 14.5. The number of alkyl halides is 3. The van der Waals surface area contributed by atoms with Gasteiger partial charge in [-0.1, -0.05) is 0 Å². The van der Waals surface area contributed by atoms with Gasteiger partial charge in [-0.2, -0.15) is 13.2 Å². The van der Waals surface area contributed by atoms with Gasteiger partial charge >= 0.3 is 6.18 Å². The van der Waals surface area contributed by atoms with Crippen molar-refractivity contribution in [2.75, 3.05) is 19.5 Å². The summed E-state index contributed by atoms with van der Waals surface area (Å²) in [5.74, 6) is 1.61. The van der Waals surface area contributed by atoms with Gasteiger partial charge < -0.3 is 14.8 Å². The van der Waals surface area contributed by atoms with Crippen LogP contribution >= 0.6 is 0 Å². The second kappa shape index (κ2) is 7.53. The summed E-state index contributed by atoms with van der Waals surface area (Å²) >= 11 is 0. The van der Waals surface area contributed by atoms with E-state index in [1.807, 2.05) is 6.07 Å². The third-order valence-corrected chi connectivity index (χ3v) is 3.83. The molecule has 0 aliphatic rings. The Morgan fingerprint density at radius 1 is 0.852 bits per heavy atom. The number of methoxy groups -OCH3 is 2. The molecule has 27 heavy (non-hydrogen) atoms. The van der Waals surface area contributed by atoms with Crippen LogP contribution in [0.15, 0.2) is 54.9 Å². The van der Waals surface area contributed by atoms with E-state index in [-0.39, 0.29) is 0 Å². The lowest BCUT2D eigenvalue weighted by molar-refractivity contribution is -0.137. The average molecular weight is 375 g/mol. The lowest BCUT2D eigenvalue weighted by atomic mass is 10.1. The van der Waals surface area contributed by atoms with E-state index in [1.165, 1.54) is 18.5 Å². The summed E-state index contributed by atoms with van der Waals surface area (Å²) < 4.78 is 48.4. The fourth-order valence-electron chi connectivity index (χ4n) is 2.47. The minimum Gasteiger partial charge on any atom is -0.493 e. The Balaban J connectivity index is 1.84. The topological polar surface area (TPSA) is 56.3 Å². The molecule has 0 aliphatic heterocycles. The van der Waals surface area contributed by atoms with Crippen LogP contribution in [-0.4, -0.2) is 24.2 Å². The minimum absolute atomic E-state index is 0.453. The predicted molar refractivity (Wildman–Crippen MR) is 95.3 cm³/mol. The molecule has 5 nitrogen and oxygen atoms in total. The first-order chi connectivity index (χ1) is 12.9. The van der Waals surface area contributed by atoms with E-state index in [0.717, 1.165) is 17.7 Å². The Kier molecular flexibility index (Phi) is 5.16. The van der Waals surface area contributed by atoms with Crippen LogP contribution in [0.25, 0.3) is 11.3 Å². The molecule has 0 unspecified atom stereocenters. The average Bonchev–Trinajstić information content (AvgIpc) is 2.67. The number of rotatable bonds is 5. The molecule has 0 bridgehead atoms. The number of hydrogen-bond acceptors (Lipinski definition) is 5. The van der Waals surface area contributed by atoms with Crippen molar-refractivity contribution in [2.45, 2.75) is 6.18 Å². The van der Waals surface area contributed by atoms with Crippen molar-refractivity contribution in [1.29, 1.82) is 0 Å². The highest BCUT2D eigenvalue weighted by Crippen LogP contribution is 2.33. The van der Waals surface area contributed by atoms with E-state index >= 15 is 0 Å². The Bertz CT molecular complexity index is 928. The normalized spacial score (nSPS) is 11.1. The molecule has 2 aromatic carbocycles. The highest BCUT2D eigenvalue weighted by Gasteiger charge is 2.29. The smallest absolute Gasteiger partial charge is 0.416 e. The Morgan fingerprint density at radius 2 is 1.56 bits per heavy atom. The summed E-state index contributed by atoms with van der Waals surface area (Å²) in [5, 5.41) is 2.97. The SMILES string of the molecule is COc1ccc(-c2cc(Nc3ccc(C(F)(F)F)cc3)ncn2)cc1OC. The van der Waals surface area contributed by atoms with Gasteiger partial charge in [0.05, 0.1) is 25.5 Å². The first kappa shape index (κ1) is 18.5. The molecular formula is C19H16F3N3O2. The summed E-state index contributed by atoms with van der Waals surface area (Å²) in [4.78, 5) is 8.34. The molecule has 0 aliphatic carbocycles. The van der Waals surface area contributed by atoms with E-state index in [2.05, 4.69) is 15.3 Å². The van der Waals surface area contributed by atoms with E-state index in [9.17, 15) is 13.2 Å². The molecule has 0 atom stereocenters. The predicted octanol–water partition coefficient (Wildman–Crippen LogP) is 4.92. The third kappa shape index (κ3) is 4.28. The molecule has 0 saturated carbocycles. The summed E-state index contributed by atoms with van der Waals surface area (Å²) in [5.41, 5.74) is 1.19. The molecule has 3 aromatic rings. The highest BCUT2D eigenvalue weighted by atomic mass is 19.4. The minimum atomic E-state index is -4.37. The molecule has 140 valence electrons. The lowest BCUT2D eigenvalue weighted by Gasteiger charge is -2.11. The van der Waals surface area contributed by atoms with E-state index in [4.69, 9.17) is 9.47 Å². The number of anilines is 2. The zero-order chi connectivity index (χ0) is 19.4. The van der Waals surface area contributed by atoms with Crippen molar-refractivity contribution >= 4 is 11.5 Å². The van der Waals surface area contributed by atoms with Gasteiger partial charge in [0.25, 0.3) is 0 Å². The fourth-order valence-corrected chi connectivity index (χ4v) is 2.47. The maximum Gasteiger partial charge on any atom is 0.416 e. The van der Waals surface area contributed by atoms with Crippen molar-refractivity contribution < 1.29 is 22.6 Å². The van der Waals surface area contributed by atoms with Gasteiger partial charge in [0.15, 0.2) is 11.5 Å². The van der Waals surface area contributed by atoms with Gasteiger partial charge in [-0.15, -0.1) is 0 Å². The first-order valence-electron chi connectivity index (χ1n) is 7.89. The molecule has 1 N–H and O–H groups in total. The first-order valence-corrected chi connectivity index (χ1v) is 7.89. The zero-order valence-electron chi connectivity index (χ0n) is 14.5. The monoisotopic (exact) mass is 375 g/mol. The van der Waals surface area contributed by atoms with Crippen LogP contribution < -0.4 is 14.8 Å². The maximum atomic E-state index is 12.6. The van der Waals surface area contributed by atoms with Gasteiger partial charge in [-0.3, -0.25) is 0 Å². The lowest BCUT2D eigenvalue weighted by Crippen LogP contribution is -2.04. The quantitative estimate of drug-likeness (QED) is 0.686. The molecule has 1 aromatic heterocycles. The number of halogens is 3. The van der Waals surface area contributed by atoms with Gasteiger partial charge in [0.1, 0.15) is 12.1 Å². The molecule has 0 amide bonds. The Morgan fingerprint density at radius 3 is 2.19 bits per heavy atom. The number of nitrogens with one attached hydrogen (secondary N) is 1. The molecule has 0 fully saturated rings. The Hall–Kier alpha value is -3.29. The Labute approximate surface area is 153 Å². The third-order valence-electron chi connectivity index (χ3n) is 3.83. The van der Waals surface area contributed by atoms with Crippen LogP contribution in [0.1, 0.15) is 5.56 Å². The van der Waals surface area contributed by atoms with Gasteiger partial charge in [-0.25, -0.2) is 9.97 Å². The summed E-state index contributed by atoms with van der Waals surface area (Å²) in [6.07, 6.45) is -2.99. The standard InChI is InChI=1S/C19H16F3N3O2/c1-26-16-8-3-12(9-17(16)27-2)15-10-18(24-11-23-15)25-14-6-4-13(5-7-14)19(20,21)22/h3-11H,1-2H3,(H,23,24,25). The second-order valence-corrected chi connectivity index (χ2v) is 5.56. The van der Waals surface area contributed by atoms with E-state index in [1.54, 1.807) is 32.4 Å². The van der Waals surface area contributed by atoms with Crippen molar-refractivity contribution in [3.05, 3.63) is 60.4 Å². The molecule has 0 radical (unpaired) electrons. The number of benzene rings is 2. The molecular weight excluding hydrogens is 359 g/mol. The van der Waals surface area contributed by atoms with Crippen LogP contribution in [0.2, 0.25) is 0 Å². The fraction of sp³-hybridized carbons (Fsp3) is 0.158. The second-order valence-electron chi connectivity index (χ2n) is 5.56. The number of nitrogens with zero attached hydrogens (tertiary/aromatic N) is 2. The van der Waals surface area contributed by atoms with Crippen LogP contribution in [-0.2, 0) is 6.18 Å². The maximum absolute atomic E-state index is 12.6. The van der Waals surface area contributed by atoms with Crippen LogP contribution in [0.5, 0.6) is 11.5 Å². The molecule has 0 saturated heterocycles. The largest absolute Gasteiger partial charge is 0.493 e. The van der Waals surface area contributed by atoms with Gasteiger partial charge in [0.2, 0.25) is 0 Å². The molecule has 0 spiro atoms. The molecule has 8 heteroatoms. The number of hydrogen-bond donors (Lipinski definition) is 1.